The number of alkyl halides is 3. The molecule has 33 heavy (non-hydrogen) atoms. The molecule has 1 aromatic heterocycles. The monoisotopic (exact) mass is 465 g/mol. The SMILES string of the molecule is CC(C)(C)Nc1nc(Nc2ccc(F)c([N+](=O)[O-])c2)cc(-c2cccc(OC(F)(F)F)c2)n1. The lowest BCUT2D eigenvalue weighted by atomic mass is 10.1. The van der Waals surface area contributed by atoms with Crippen molar-refractivity contribution in [3.05, 3.63) is 64.5 Å². The van der Waals surface area contributed by atoms with Crippen molar-refractivity contribution in [2.75, 3.05) is 10.6 Å². The largest absolute Gasteiger partial charge is 0.573 e. The predicted molar refractivity (Wildman–Crippen MR) is 114 cm³/mol. The Balaban J connectivity index is 2.03. The molecule has 0 bridgehead atoms. The highest BCUT2D eigenvalue weighted by molar-refractivity contribution is 5.69. The molecule has 2 aromatic carbocycles. The minimum atomic E-state index is -4.85. The van der Waals surface area contributed by atoms with Crippen molar-refractivity contribution in [2.45, 2.75) is 32.7 Å². The Hall–Kier alpha value is -3.96. The average molecular weight is 465 g/mol. The number of rotatable bonds is 6. The molecule has 0 radical (unpaired) electrons. The maximum Gasteiger partial charge on any atom is 0.573 e. The van der Waals surface area contributed by atoms with Gasteiger partial charge in [-0.15, -0.1) is 13.2 Å². The number of hydrogen-bond acceptors (Lipinski definition) is 7. The quantitative estimate of drug-likeness (QED) is 0.260. The number of ether oxygens (including phenoxy) is 1. The van der Waals surface area contributed by atoms with Crippen molar-refractivity contribution in [3.63, 3.8) is 0 Å². The van der Waals surface area contributed by atoms with Gasteiger partial charge in [-0.05, 0) is 45.0 Å². The molecule has 0 aliphatic rings. The molecule has 12 heteroatoms. The number of nitrogens with one attached hydrogen (secondary N) is 2. The molecule has 2 N–H and O–H groups in total. The molecule has 0 amide bonds. The second-order valence-corrected chi connectivity index (χ2v) is 7.96. The average Bonchev–Trinajstić information content (AvgIpc) is 2.66. The first-order valence-corrected chi connectivity index (χ1v) is 9.53. The zero-order valence-corrected chi connectivity index (χ0v) is 17.7. The second-order valence-electron chi connectivity index (χ2n) is 7.96. The van der Waals surface area contributed by atoms with Crippen LogP contribution >= 0.6 is 0 Å². The summed E-state index contributed by atoms with van der Waals surface area (Å²) in [4.78, 5) is 18.8. The Morgan fingerprint density at radius 3 is 2.39 bits per heavy atom. The normalized spacial score (nSPS) is 11.7. The molecule has 0 unspecified atom stereocenters. The Morgan fingerprint density at radius 2 is 1.76 bits per heavy atom. The molecule has 0 saturated heterocycles. The molecular weight excluding hydrogens is 446 g/mol. The summed E-state index contributed by atoms with van der Waals surface area (Å²) in [6.45, 7) is 5.58. The fourth-order valence-corrected chi connectivity index (χ4v) is 2.78. The maximum atomic E-state index is 13.7. The van der Waals surface area contributed by atoms with E-state index in [-0.39, 0.29) is 23.1 Å². The lowest BCUT2D eigenvalue weighted by molar-refractivity contribution is -0.387. The highest BCUT2D eigenvalue weighted by Crippen LogP contribution is 2.30. The molecule has 0 aliphatic heterocycles. The molecule has 0 atom stereocenters. The van der Waals surface area contributed by atoms with E-state index in [4.69, 9.17) is 0 Å². The molecule has 3 rings (SSSR count). The van der Waals surface area contributed by atoms with E-state index in [9.17, 15) is 27.7 Å². The number of halogens is 4. The van der Waals surface area contributed by atoms with E-state index < -0.39 is 34.1 Å². The van der Waals surface area contributed by atoms with Gasteiger partial charge in [-0.1, -0.05) is 12.1 Å². The Labute approximate surface area is 185 Å². The van der Waals surface area contributed by atoms with Gasteiger partial charge in [0, 0.05) is 28.9 Å². The van der Waals surface area contributed by atoms with Crippen molar-refractivity contribution >= 4 is 23.1 Å². The van der Waals surface area contributed by atoms with Crippen LogP contribution in [0.15, 0.2) is 48.5 Å². The molecule has 0 fully saturated rings. The molecule has 8 nitrogen and oxygen atoms in total. The molecule has 3 aromatic rings. The second kappa shape index (κ2) is 8.88. The summed E-state index contributed by atoms with van der Waals surface area (Å²) in [6, 6.07) is 9.92. The summed E-state index contributed by atoms with van der Waals surface area (Å²) >= 11 is 0. The maximum absolute atomic E-state index is 13.7. The Kier molecular flexibility index (Phi) is 6.38. The molecule has 0 spiro atoms. The van der Waals surface area contributed by atoms with E-state index >= 15 is 0 Å². The van der Waals surface area contributed by atoms with Crippen LogP contribution in [0.4, 0.5) is 40.7 Å². The van der Waals surface area contributed by atoms with Gasteiger partial charge in [-0.2, -0.15) is 9.37 Å². The number of benzene rings is 2. The van der Waals surface area contributed by atoms with Crippen molar-refractivity contribution in [1.29, 1.82) is 0 Å². The first-order valence-electron chi connectivity index (χ1n) is 9.53. The van der Waals surface area contributed by atoms with E-state index in [0.29, 0.717) is 5.56 Å². The zero-order valence-electron chi connectivity index (χ0n) is 17.7. The van der Waals surface area contributed by atoms with E-state index in [1.54, 1.807) is 6.07 Å². The Bertz CT molecular complexity index is 1180. The van der Waals surface area contributed by atoms with Gasteiger partial charge >= 0.3 is 12.0 Å². The van der Waals surface area contributed by atoms with Crippen LogP contribution in [0, 0.1) is 15.9 Å². The summed E-state index contributed by atoms with van der Waals surface area (Å²) in [7, 11) is 0. The van der Waals surface area contributed by atoms with E-state index in [0.717, 1.165) is 18.2 Å². The van der Waals surface area contributed by atoms with Gasteiger partial charge in [-0.25, -0.2) is 4.98 Å². The summed E-state index contributed by atoms with van der Waals surface area (Å²) in [6.07, 6.45) is -4.85. The van der Waals surface area contributed by atoms with Crippen molar-refractivity contribution < 1.29 is 27.2 Å². The number of nitro benzene ring substituents is 1. The van der Waals surface area contributed by atoms with Crippen LogP contribution < -0.4 is 15.4 Å². The van der Waals surface area contributed by atoms with Crippen LogP contribution in [0.25, 0.3) is 11.3 Å². The highest BCUT2D eigenvalue weighted by atomic mass is 19.4. The molecule has 0 aliphatic carbocycles. The Morgan fingerprint density at radius 1 is 1.03 bits per heavy atom. The van der Waals surface area contributed by atoms with E-state index in [2.05, 4.69) is 25.3 Å². The lowest BCUT2D eigenvalue weighted by Gasteiger charge is -2.21. The number of anilines is 3. The van der Waals surface area contributed by atoms with Crippen molar-refractivity contribution in [1.82, 2.24) is 9.97 Å². The van der Waals surface area contributed by atoms with Gasteiger partial charge in [0.25, 0.3) is 0 Å². The predicted octanol–water partition coefficient (Wildman–Crippen LogP) is 6.04. The van der Waals surface area contributed by atoms with Gasteiger partial charge in [0.15, 0.2) is 0 Å². The first kappa shape index (κ1) is 23.7. The van der Waals surface area contributed by atoms with Crippen LogP contribution in [0.1, 0.15) is 20.8 Å². The van der Waals surface area contributed by atoms with Crippen LogP contribution in [0.5, 0.6) is 5.75 Å². The van der Waals surface area contributed by atoms with Gasteiger partial charge < -0.3 is 15.4 Å². The fourth-order valence-electron chi connectivity index (χ4n) is 2.78. The summed E-state index contributed by atoms with van der Waals surface area (Å²) in [5, 5.41) is 16.9. The smallest absolute Gasteiger partial charge is 0.406 e. The van der Waals surface area contributed by atoms with Gasteiger partial charge in [0.05, 0.1) is 10.6 Å². The third kappa shape index (κ3) is 6.76. The van der Waals surface area contributed by atoms with E-state index in [1.807, 2.05) is 20.8 Å². The minimum absolute atomic E-state index is 0.154. The number of nitro groups is 1. The summed E-state index contributed by atoms with van der Waals surface area (Å²) in [5.41, 5.74) is -0.429. The molecular formula is C21H19F4N5O3. The minimum Gasteiger partial charge on any atom is -0.406 e. The van der Waals surface area contributed by atoms with Crippen molar-refractivity contribution in [2.24, 2.45) is 0 Å². The summed E-state index contributed by atoms with van der Waals surface area (Å²) < 4.78 is 55.4. The fraction of sp³-hybridized carbons (Fsp3) is 0.238. The number of hydrogen-bond donors (Lipinski definition) is 2. The van der Waals surface area contributed by atoms with Gasteiger partial charge in [0.2, 0.25) is 11.8 Å². The van der Waals surface area contributed by atoms with Crippen LogP contribution in [-0.4, -0.2) is 26.8 Å². The van der Waals surface area contributed by atoms with Crippen molar-refractivity contribution in [3.8, 4) is 17.0 Å². The third-order valence-corrected chi connectivity index (χ3v) is 3.99. The number of nitrogens with zero attached hydrogens (tertiary/aromatic N) is 3. The topological polar surface area (TPSA) is 102 Å². The molecule has 174 valence electrons. The van der Waals surface area contributed by atoms with Crippen LogP contribution in [0.2, 0.25) is 0 Å². The molecule has 1 heterocycles. The van der Waals surface area contributed by atoms with Crippen LogP contribution in [0.3, 0.4) is 0 Å². The van der Waals surface area contributed by atoms with Gasteiger partial charge in [-0.3, -0.25) is 10.1 Å². The molecule has 0 saturated carbocycles. The standard InChI is InChI=1S/C21H19F4N5O3/c1-20(2,3)29-19-27-16(12-5-4-6-14(9-12)33-21(23,24)25)11-18(28-19)26-13-7-8-15(22)17(10-13)30(31)32/h4-11H,1-3H3,(H2,26,27,28,29). The number of aromatic nitrogens is 2. The first-order chi connectivity index (χ1) is 15.3. The zero-order chi connectivity index (χ0) is 24.4. The summed E-state index contributed by atoms with van der Waals surface area (Å²) in [5.74, 6) is -1.09. The lowest BCUT2D eigenvalue weighted by Crippen LogP contribution is -2.27. The highest BCUT2D eigenvalue weighted by Gasteiger charge is 2.31. The van der Waals surface area contributed by atoms with Gasteiger partial charge in [0.1, 0.15) is 11.6 Å². The van der Waals surface area contributed by atoms with E-state index in [1.165, 1.54) is 24.3 Å². The third-order valence-electron chi connectivity index (χ3n) is 3.99. The van der Waals surface area contributed by atoms with Crippen LogP contribution in [-0.2, 0) is 0 Å².